The quantitative estimate of drug-likeness (QED) is 0.125. The van der Waals surface area contributed by atoms with Gasteiger partial charge in [0.15, 0.2) is 0 Å². The Morgan fingerprint density at radius 2 is 0.821 bits per heavy atom. The van der Waals surface area contributed by atoms with Crippen LogP contribution in [0.5, 0.6) is 0 Å². The predicted octanol–water partition coefficient (Wildman–Crippen LogP) is 2.29. The molecule has 11 heteroatoms. The van der Waals surface area contributed by atoms with Crippen LogP contribution in [0, 0.1) is 11.8 Å². The third-order valence-corrected chi connectivity index (χ3v) is 5.26. The molecule has 0 spiro atoms. The third-order valence-electron chi connectivity index (χ3n) is 5.26. The normalized spacial score (nSPS) is 11.5. The second-order valence-electron chi connectivity index (χ2n) is 9.55. The average molecular weight is 566 g/mol. The van der Waals surface area contributed by atoms with Crippen LogP contribution >= 0.6 is 0 Å². The molecule has 39 heavy (non-hydrogen) atoms. The molecule has 1 amide bonds. The van der Waals surface area contributed by atoms with Gasteiger partial charge in [0.05, 0.1) is 106 Å². The summed E-state index contributed by atoms with van der Waals surface area (Å²) in [6.45, 7) is 16.4. The molecule has 0 saturated heterocycles. The van der Waals surface area contributed by atoms with Crippen molar-refractivity contribution in [2.45, 2.75) is 47.0 Å². The van der Waals surface area contributed by atoms with E-state index >= 15 is 0 Å². The number of hydrogen-bond acceptors (Lipinski definition) is 10. The first-order valence-electron chi connectivity index (χ1n) is 14.3. The molecule has 0 fully saturated rings. The molecule has 0 atom stereocenters. The molecule has 0 aromatic rings. The molecule has 0 heterocycles. The summed E-state index contributed by atoms with van der Waals surface area (Å²) >= 11 is 0. The summed E-state index contributed by atoms with van der Waals surface area (Å²) in [5.41, 5.74) is 0. The van der Waals surface area contributed by atoms with Crippen LogP contribution in [0.3, 0.4) is 0 Å². The van der Waals surface area contributed by atoms with Gasteiger partial charge in [0.1, 0.15) is 5.78 Å². The van der Waals surface area contributed by atoms with Crippen LogP contribution in [-0.2, 0) is 47.5 Å². The fourth-order valence-corrected chi connectivity index (χ4v) is 2.87. The molecular weight excluding hydrogens is 510 g/mol. The van der Waals surface area contributed by atoms with Gasteiger partial charge in [0.25, 0.3) is 0 Å². The van der Waals surface area contributed by atoms with E-state index in [2.05, 4.69) is 19.2 Å². The molecule has 232 valence electrons. The molecule has 0 radical (unpaired) electrons. The Balaban J connectivity index is 3.11. The van der Waals surface area contributed by atoms with Crippen LogP contribution < -0.4 is 5.32 Å². The number of rotatable bonds is 31. The van der Waals surface area contributed by atoms with Crippen molar-refractivity contribution in [1.29, 1.82) is 0 Å². The van der Waals surface area contributed by atoms with Gasteiger partial charge in [0, 0.05) is 25.3 Å². The number of carbonyl (C=O) groups excluding carboxylic acids is 2. The lowest BCUT2D eigenvalue weighted by molar-refractivity contribution is -0.123. The zero-order valence-electron chi connectivity index (χ0n) is 24.9. The molecular formula is C28H55NO10. The topological polar surface area (TPSA) is 120 Å². The van der Waals surface area contributed by atoms with Gasteiger partial charge in [-0.3, -0.25) is 9.59 Å². The van der Waals surface area contributed by atoms with Crippen molar-refractivity contribution in [2.75, 3.05) is 112 Å². The summed E-state index contributed by atoms with van der Waals surface area (Å²) < 4.78 is 43.4. The monoisotopic (exact) mass is 565 g/mol. The molecule has 0 aromatic heterocycles. The van der Waals surface area contributed by atoms with Gasteiger partial charge >= 0.3 is 0 Å². The highest BCUT2D eigenvalue weighted by atomic mass is 16.6. The maximum atomic E-state index is 11.6. The van der Waals surface area contributed by atoms with Crippen molar-refractivity contribution < 1.29 is 47.5 Å². The summed E-state index contributed by atoms with van der Waals surface area (Å²) in [6.07, 6.45) is 1.92. The van der Waals surface area contributed by atoms with E-state index in [9.17, 15) is 9.59 Å². The molecule has 0 aromatic carbocycles. The van der Waals surface area contributed by atoms with Gasteiger partial charge in [-0.05, 0) is 12.3 Å². The van der Waals surface area contributed by atoms with Gasteiger partial charge in [0.2, 0.25) is 5.91 Å². The van der Waals surface area contributed by atoms with Crippen LogP contribution in [0.15, 0.2) is 0 Å². The number of ether oxygens (including phenoxy) is 8. The number of Topliss-reactive ketones (excluding diaryl/α,β-unsaturated/α-hetero) is 1. The summed E-state index contributed by atoms with van der Waals surface area (Å²) in [6, 6.07) is 0. The Hall–Kier alpha value is -1.18. The van der Waals surface area contributed by atoms with Crippen LogP contribution in [0.2, 0.25) is 0 Å². The molecule has 11 nitrogen and oxygen atoms in total. The number of amides is 1. The van der Waals surface area contributed by atoms with Gasteiger partial charge in [-0.1, -0.05) is 27.7 Å². The predicted molar refractivity (Wildman–Crippen MR) is 148 cm³/mol. The number of hydrogen-bond donors (Lipinski definition) is 1. The van der Waals surface area contributed by atoms with E-state index in [1.165, 1.54) is 0 Å². The SMILES string of the molecule is CC(C)CCC(=O)NCCOCCOCCOCCOCCOCCOCCOCCOCCC(=O)C(C)C. The number of ketones is 1. The van der Waals surface area contributed by atoms with E-state index in [0.29, 0.717) is 131 Å². The van der Waals surface area contributed by atoms with Gasteiger partial charge < -0.3 is 43.2 Å². The highest BCUT2D eigenvalue weighted by Crippen LogP contribution is 2.02. The van der Waals surface area contributed by atoms with Crippen LogP contribution in [0.1, 0.15) is 47.0 Å². The first kappa shape index (κ1) is 37.8. The van der Waals surface area contributed by atoms with Crippen molar-refractivity contribution in [2.24, 2.45) is 11.8 Å². The zero-order valence-corrected chi connectivity index (χ0v) is 24.9. The standard InChI is InChI=1S/C28H55NO10/c1-25(2)5-6-28(31)29-8-10-33-12-14-35-16-18-37-20-22-39-24-23-38-21-19-36-17-15-34-13-11-32-9-7-27(30)26(3)4/h25-26H,5-24H2,1-4H3,(H,29,31). The minimum absolute atomic E-state index is 0.0613. The van der Waals surface area contributed by atoms with Gasteiger partial charge in [-0.25, -0.2) is 0 Å². The summed E-state index contributed by atoms with van der Waals surface area (Å²) in [5.74, 6) is 0.891. The largest absolute Gasteiger partial charge is 0.379 e. The molecule has 0 aliphatic rings. The first-order chi connectivity index (χ1) is 18.9. The second kappa shape index (κ2) is 29.8. The van der Waals surface area contributed by atoms with Gasteiger partial charge in [-0.2, -0.15) is 0 Å². The summed E-state index contributed by atoms with van der Waals surface area (Å²) in [4.78, 5) is 23.0. The van der Waals surface area contributed by atoms with Crippen LogP contribution in [-0.4, -0.2) is 124 Å². The Morgan fingerprint density at radius 3 is 1.15 bits per heavy atom. The van der Waals surface area contributed by atoms with Crippen molar-refractivity contribution in [3.05, 3.63) is 0 Å². The van der Waals surface area contributed by atoms with Crippen molar-refractivity contribution in [3.8, 4) is 0 Å². The molecule has 0 rings (SSSR count). The molecule has 0 aliphatic carbocycles. The van der Waals surface area contributed by atoms with E-state index in [4.69, 9.17) is 37.9 Å². The maximum absolute atomic E-state index is 11.6. The fraction of sp³-hybridized carbons (Fsp3) is 0.929. The fourth-order valence-electron chi connectivity index (χ4n) is 2.87. The lowest BCUT2D eigenvalue weighted by Crippen LogP contribution is -2.27. The number of nitrogens with one attached hydrogen (secondary N) is 1. The lowest BCUT2D eigenvalue weighted by atomic mass is 10.1. The van der Waals surface area contributed by atoms with Crippen LogP contribution in [0.25, 0.3) is 0 Å². The Bertz CT molecular complexity index is 548. The maximum Gasteiger partial charge on any atom is 0.220 e. The zero-order chi connectivity index (χ0) is 28.8. The minimum atomic E-state index is 0.0613. The highest BCUT2D eigenvalue weighted by Gasteiger charge is 2.06. The Morgan fingerprint density at radius 1 is 0.487 bits per heavy atom. The summed E-state index contributed by atoms with van der Waals surface area (Å²) in [7, 11) is 0. The van der Waals surface area contributed by atoms with E-state index in [1.54, 1.807) is 0 Å². The molecule has 0 bridgehead atoms. The minimum Gasteiger partial charge on any atom is -0.379 e. The van der Waals surface area contributed by atoms with Crippen LogP contribution in [0.4, 0.5) is 0 Å². The third kappa shape index (κ3) is 31.2. The number of carbonyl (C=O) groups is 2. The average Bonchev–Trinajstić information content (AvgIpc) is 2.91. The molecule has 0 aliphatic heterocycles. The summed E-state index contributed by atoms with van der Waals surface area (Å²) in [5, 5.41) is 2.84. The van der Waals surface area contributed by atoms with Crippen molar-refractivity contribution in [3.63, 3.8) is 0 Å². The van der Waals surface area contributed by atoms with E-state index in [-0.39, 0.29) is 17.6 Å². The molecule has 0 saturated carbocycles. The van der Waals surface area contributed by atoms with E-state index < -0.39 is 0 Å². The highest BCUT2D eigenvalue weighted by molar-refractivity contribution is 5.80. The molecule has 1 N–H and O–H groups in total. The first-order valence-corrected chi connectivity index (χ1v) is 14.3. The Kier molecular flexibility index (Phi) is 28.9. The second-order valence-corrected chi connectivity index (χ2v) is 9.55. The molecule has 0 unspecified atom stereocenters. The lowest BCUT2D eigenvalue weighted by Gasteiger charge is -2.09. The van der Waals surface area contributed by atoms with Crippen molar-refractivity contribution >= 4 is 11.7 Å². The Labute approximate surface area is 235 Å². The van der Waals surface area contributed by atoms with E-state index in [0.717, 1.165) is 6.42 Å². The van der Waals surface area contributed by atoms with Crippen molar-refractivity contribution in [1.82, 2.24) is 5.32 Å². The van der Waals surface area contributed by atoms with Gasteiger partial charge in [-0.15, -0.1) is 0 Å². The van der Waals surface area contributed by atoms with E-state index in [1.807, 2.05) is 13.8 Å². The smallest absolute Gasteiger partial charge is 0.220 e.